The van der Waals surface area contributed by atoms with Crippen molar-refractivity contribution in [2.75, 3.05) is 7.05 Å². The van der Waals surface area contributed by atoms with Gasteiger partial charge in [-0.05, 0) is 25.5 Å². The second-order valence-corrected chi connectivity index (χ2v) is 2.95. The Morgan fingerprint density at radius 1 is 1.43 bits per heavy atom. The zero-order valence-corrected chi connectivity index (χ0v) is 9.21. The van der Waals surface area contributed by atoms with Crippen molar-refractivity contribution in [1.29, 1.82) is 5.41 Å². The van der Waals surface area contributed by atoms with Crippen molar-refractivity contribution < 1.29 is 0 Å². The summed E-state index contributed by atoms with van der Waals surface area (Å²) in [5.74, 6) is 0. The monoisotopic (exact) mass is 212 g/mol. The number of hydrogen-bond donors (Lipinski definition) is 3. The van der Waals surface area contributed by atoms with E-state index in [-0.39, 0.29) is 6.17 Å². The molecule has 1 atom stereocenters. The van der Waals surface area contributed by atoms with Gasteiger partial charge in [0.1, 0.15) is 0 Å². The maximum Gasteiger partial charge on any atom is 0.0968 e. The Labute approximate surface area is 89.2 Å². The summed E-state index contributed by atoms with van der Waals surface area (Å²) in [7, 11) is 1.82. The average molecular weight is 212 g/mol. The highest BCUT2D eigenvalue weighted by atomic mass is 32.2. The molecule has 0 aromatic rings. The zero-order valence-electron chi connectivity index (χ0n) is 8.40. The maximum absolute atomic E-state index is 6.86. The topological polar surface area (TPSA) is 60.3 Å². The average Bonchev–Trinajstić information content (AvgIpc) is 2.21. The molecule has 14 heavy (non-hydrogen) atoms. The van der Waals surface area contributed by atoms with Crippen molar-refractivity contribution in [2.45, 2.75) is 13.1 Å². The summed E-state index contributed by atoms with van der Waals surface area (Å²) >= 11 is 1.38. The Kier molecular flexibility index (Phi) is 9.25. The van der Waals surface area contributed by atoms with E-state index < -0.39 is 0 Å². The van der Waals surface area contributed by atoms with Crippen LogP contribution in [0.5, 0.6) is 0 Å². The Hall–Kier alpha value is -1.07. The second kappa shape index (κ2) is 10.0. The van der Waals surface area contributed by atoms with Gasteiger partial charge in [0.2, 0.25) is 0 Å². The smallest absolute Gasteiger partial charge is 0.0968 e. The lowest BCUT2D eigenvalue weighted by Crippen LogP contribution is -2.37. The van der Waals surface area contributed by atoms with Crippen LogP contribution < -0.4 is 10.6 Å². The molecule has 0 aromatic carbocycles. The standard InChI is InChI=1S/C9H16N4S/c1-3-13-14-7-5-4-6-9(11-2)12-8-10/h3-9,11H,1-2H3,(H2,10,12)/b6-4+,7-5+,13-3?. The summed E-state index contributed by atoms with van der Waals surface area (Å²) in [5.41, 5.74) is 0. The van der Waals surface area contributed by atoms with E-state index in [4.69, 9.17) is 5.41 Å². The molecule has 0 fully saturated rings. The number of nitrogens with zero attached hydrogens (tertiary/aromatic N) is 1. The fourth-order valence-electron chi connectivity index (χ4n) is 0.677. The molecule has 0 heterocycles. The van der Waals surface area contributed by atoms with Gasteiger partial charge in [-0.2, -0.15) is 0 Å². The van der Waals surface area contributed by atoms with Gasteiger partial charge in [-0.15, -0.1) is 0 Å². The van der Waals surface area contributed by atoms with Crippen molar-refractivity contribution in [3.05, 3.63) is 23.6 Å². The van der Waals surface area contributed by atoms with Crippen molar-refractivity contribution in [3.63, 3.8) is 0 Å². The summed E-state index contributed by atoms with van der Waals surface area (Å²) in [4.78, 5) is 0. The minimum absolute atomic E-state index is 0.00294. The number of rotatable bonds is 7. The van der Waals surface area contributed by atoms with Crippen molar-refractivity contribution in [1.82, 2.24) is 10.6 Å². The Morgan fingerprint density at radius 2 is 2.21 bits per heavy atom. The molecule has 0 bridgehead atoms. The van der Waals surface area contributed by atoms with Gasteiger partial charge in [-0.3, -0.25) is 10.7 Å². The highest BCUT2D eigenvalue weighted by Gasteiger charge is 1.92. The van der Waals surface area contributed by atoms with E-state index in [1.54, 1.807) is 6.21 Å². The predicted molar refractivity (Wildman–Crippen MR) is 64.8 cm³/mol. The van der Waals surface area contributed by atoms with E-state index in [1.807, 2.05) is 37.6 Å². The second-order valence-electron chi connectivity index (χ2n) is 2.26. The van der Waals surface area contributed by atoms with Crippen molar-refractivity contribution in [2.24, 2.45) is 4.40 Å². The lowest BCUT2D eigenvalue weighted by Gasteiger charge is -2.09. The van der Waals surface area contributed by atoms with E-state index in [9.17, 15) is 0 Å². The molecule has 5 heteroatoms. The molecule has 0 saturated heterocycles. The third-order valence-electron chi connectivity index (χ3n) is 1.29. The molecule has 0 saturated carbocycles. The van der Waals surface area contributed by atoms with Gasteiger partial charge >= 0.3 is 0 Å². The van der Waals surface area contributed by atoms with Crippen LogP contribution >= 0.6 is 11.9 Å². The van der Waals surface area contributed by atoms with E-state index in [2.05, 4.69) is 15.0 Å². The molecule has 0 aromatic heterocycles. The first-order valence-corrected chi connectivity index (χ1v) is 5.08. The minimum Gasteiger partial charge on any atom is -0.358 e. The number of nitrogens with one attached hydrogen (secondary N) is 3. The van der Waals surface area contributed by atoms with Crippen LogP contribution in [-0.2, 0) is 0 Å². The zero-order chi connectivity index (χ0) is 10.6. The molecule has 4 nitrogen and oxygen atoms in total. The van der Waals surface area contributed by atoms with Gasteiger partial charge in [0.15, 0.2) is 0 Å². The molecule has 0 spiro atoms. The van der Waals surface area contributed by atoms with Gasteiger partial charge in [0.05, 0.1) is 12.5 Å². The lowest BCUT2D eigenvalue weighted by atomic mass is 10.4. The van der Waals surface area contributed by atoms with Crippen LogP contribution in [0.4, 0.5) is 0 Å². The fourth-order valence-corrected chi connectivity index (χ4v) is 1.03. The third kappa shape index (κ3) is 7.57. The van der Waals surface area contributed by atoms with Gasteiger partial charge < -0.3 is 5.32 Å². The summed E-state index contributed by atoms with van der Waals surface area (Å²) in [6.07, 6.45) is 8.61. The van der Waals surface area contributed by atoms with Crippen molar-refractivity contribution >= 4 is 24.5 Å². The van der Waals surface area contributed by atoms with E-state index in [0.717, 1.165) is 6.34 Å². The molecule has 3 N–H and O–H groups in total. The summed E-state index contributed by atoms with van der Waals surface area (Å²) < 4.78 is 3.95. The molecule has 0 aliphatic rings. The molecule has 78 valence electrons. The van der Waals surface area contributed by atoms with E-state index in [1.165, 1.54) is 11.9 Å². The number of likely N-dealkylation sites (N-methyl/N-ethyl adjacent to an activating group) is 1. The van der Waals surface area contributed by atoms with Gasteiger partial charge in [0.25, 0.3) is 0 Å². The largest absolute Gasteiger partial charge is 0.358 e. The molecule has 0 amide bonds. The first-order chi connectivity index (χ1) is 6.85. The summed E-state index contributed by atoms with van der Waals surface area (Å²) in [6, 6.07) is 0. The minimum atomic E-state index is -0.00294. The normalized spacial score (nSPS) is 14.1. The van der Waals surface area contributed by atoms with Crippen LogP contribution in [0.3, 0.4) is 0 Å². The first kappa shape index (κ1) is 12.9. The van der Waals surface area contributed by atoms with Crippen LogP contribution in [0.2, 0.25) is 0 Å². The Morgan fingerprint density at radius 3 is 2.79 bits per heavy atom. The van der Waals surface area contributed by atoms with Crippen LogP contribution in [-0.4, -0.2) is 25.8 Å². The quantitative estimate of drug-likeness (QED) is 0.197. The molecular formula is C9H16N4S. The van der Waals surface area contributed by atoms with Gasteiger partial charge in [-0.1, -0.05) is 12.2 Å². The van der Waals surface area contributed by atoms with Crippen LogP contribution in [0.15, 0.2) is 28.0 Å². The predicted octanol–water partition coefficient (Wildman–Crippen LogP) is 1.54. The molecule has 0 rings (SSSR count). The molecule has 1 unspecified atom stereocenters. The highest BCUT2D eigenvalue weighted by molar-refractivity contribution is 8.01. The number of allylic oxidation sites excluding steroid dienone is 2. The van der Waals surface area contributed by atoms with Crippen molar-refractivity contribution in [3.8, 4) is 0 Å². The van der Waals surface area contributed by atoms with Crippen LogP contribution in [0, 0.1) is 5.41 Å². The molecular weight excluding hydrogens is 196 g/mol. The van der Waals surface area contributed by atoms with Crippen LogP contribution in [0.1, 0.15) is 6.92 Å². The molecule has 0 aliphatic heterocycles. The Balaban J connectivity index is 3.77. The van der Waals surface area contributed by atoms with Crippen LogP contribution in [0.25, 0.3) is 0 Å². The van der Waals surface area contributed by atoms with E-state index >= 15 is 0 Å². The first-order valence-electron chi connectivity index (χ1n) is 4.24. The maximum atomic E-state index is 6.86. The van der Waals surface area contributed by atoms with Gasteiger partial charge in [0, 0.05) is 18.2 Å². The third-order valence-corrected chi connectivity index (χ3v) is 1.91. The summed E-state index contributed by atoms with van der Waals surface area (Å²) in [5, 5.41) is 14.5. The number of hydrogen-bond acceptors (Lipinski definition) is 4. The highest BCUT2D eigenvalue weighted by Crippen LogP contribution is 2.01. The SMILES string of the molecule is CC=NS/C=C/C=C/C(NC)NC=N. The molecule has 0 radical (unpaired) electrons. The summed E-state index contributed by atoms with van der Waals surface area (Å²) in [6.45, 7) is 1.88. The Bertz CT molecular complexity index is 223. The van der Waals surface area contributed by atoms with E-state index in [0.29, 0.717) is 0 Å². The van der Waals surface area contributed by atoms with Gasteiger partial charge in [-0.25, -0.2) is 4.40 Å². The lowest BCUT2D eigenvalue weighted by molar-refractivity contribution is 0.638. The fraction of sp³-hybridized carbons (Fsp3) is 0.333. The molecule has 0 aliphatic carbocycles.